The number of rotatable bonds is 8. The number of carbonyl (C=O) groups is 2. The Morgan fingerprint density at radius 1 is 1.31 bits per heavy atom. The molecule has 0 spiro atoms. The van der Waals surface area contributed by atoms with Gasteiger partial charge in [0.25, 0.3) is 0 Å². The molecule has 0 aliphatic carbocycles. The third-order valence-corrected chi connectivity index (χ3v) is 2.01. The zero-order valence-electron chi connectivity index (χ0n) is 10.4. The van der Waals surface area contributed by atoms with Crippen LogP contribution in [0.4, 0.5) is 0 Å². The molecule has 0 unspecified atom stereocenters. The van der Waals surface area contributed by atoms with Gasteiger partial charge in [0.15, 0.2) is 0 Å². The molecule has 0 heterocycles. The first-order valence-corrected chi connectivity index (χ1v) is 5.83. The van der Waals surface area contributed by atoms with E-state index in [2.05, 4.69) is 19.2 Å². The maximum absolute atomic E-state index is 11.2. The molecule has 93 valence electrons. The van der Waals surface area contributed by atoms with Crippen LogP contribution in [0.15, 0.2) is 0 Å². The summed E-state index contributed by atoms with van der Waals surface area (Å²) in [5, 5.41) is 2.66. The highest BCUT2D eigenvalue weighted by Gasteiger charge is 2.06. The van der Waals surface area contributed by atoms with Crippen molar-refractivity contribution in [3.05, 3.63) is 6.54 Å². The molecule has 0 bridgehead atoms. The van der Waals surface area contributed by atoms with Crippen molar-refractivity contribution < 1.29 is 14.3 Å². The van der Waals surface area contributed by atoms with Crippen LogP contribution in [0.1, 0.15) is 46.5 Å². The summed E-state index contributed by atoms with van der Waals surface area (Å²) in [6.45, 7) is 8.14. The molecule has 4 heteroatoms. The van der Waals surface area contributed by atoms with Crippen molar-refractivity contribution in [2.75, 3.05) is 6.61 Å². The molecule has 1 amide bonds. The minimum Gasteiger partial charge on any atom is -0.466 e. The van der Waals surface area contributed by atoms with Crippen molar-refractivity contribution in [2.45, 2.75) is 46.5 Å². The molecule has 0 saturated heterocycles. The van der Waals surface area contributed by atoms with Crippen LogP contribution in [0, 0.1) is 12.5 Å². The van der Waals surface area contributed by atoms with Crippen molar-refractivity contribution in [3.8, 4) is 0 Å². The van der Waals surface area contributed by atoms with E-state index < -0.39 is 0 Å². The van der Waals surface area contributed by atoms with Crippen molar-refractivity contribution >= 4 is 11.9 Å². The van der Waals surface area contributed by atoms with Crippen LogP contribution in [-0.4, -0.2) is 18.5 Å². The lowest BCUT2D eigenvalue weighted by Gasteiger charge is -2.06. The van der Waals surface area contributed by atoms with Gasteiger partial charge < -0.3 is 10.1 Å². The lowest BCUT2D eigenvalue weighted by molar-refractivity contribution is -0.144. The molecule has 0 aromatic rings. The van der Waals surface area contributed by atoms with Gasteiger partial charge in [-0.2, -0.15) is 0 Å². The number of hydrogen-bond acceptors (Lipinski definition) is 3. The summed E-state index contributed by atoms with van der Waals surface area (Å²) in [4.78, 5) is 22.2. The number of carbonyl (C=O) groups excluding carboxylic acids is 2. The Hall–Kier alpha value is -1.06. The summed E-state index contributed by atoms with van der Waals surface area (Å²) in [5.41, 5.74) is 0. The average Bonchev–Trinajstić information content (AvgIpc) is 2.22. The Bertz CT molecular complexity index is 214. The van der Waals surface area contributed by atoms with E-state index in [4.69, 9.17) is 4.74 Å². The van der Waals surface area contributed by atoms with Crippen LogP contribution in [0.2, 0.25) is 0 Å². The lowest BCUT2D eigenvalue weighted by Crippen LogP contribution is -2.21. The minimum atomic E-state index is -0.320. The van der Waals surface area contributed by atoms with E-state index in [0.717, 1.165) is 12.8 Å². The van der Waals surface area contributed by atoms with Gasteiger partial charge in [0, 0.05) is 13.0 Å². The van der Waals surface area contributed by atoms with Crippen LogP contribution < -0.4 is 5.32 Å². The molecule has 1 radical (unpaired) electrons. The van der Waals surface area contributed by atoms with Crippen LogP contribution in [0.3, 0.4) is 0 Å². The SMILES string of the molecule is CCOC(=O)CCC(=O)N[CH]CCC(C)C. The van der Waals surface area contributed by atoms with Crippen molar-refractivity contribution in [1.82, 2.24) is 5.32 Å². The van der Waals surface area contributed by atoms with E-state index in [1.54, 1.807) is 13.5 Å². The predicted octanol–water partition coefficient (Wildman–Crippen LogP) is 2.04. The highest BCUT2D eigenvalue weighted by atomic mass is 16.5. The molecule has 0 aromatic heterocycles. The van der Waals surface area contributed by atoms with Gasteiger partial charge in [-0.25, -0.2) is 0 Å². The van der Waals surface area contributed by atoms with Crippen LogP contribution in [0.25, 0.3) is 0 Å². The van der Waals surface area contributed by atoms with Gasteiger partial charge in [0.2, 0.25) is 5.91 Å². The Morgan fingerprint density at radius 2 is 2.00 bits per heavy atom. The van der Waals surface area contributed by atoms with E-state index in [-0.39, 0.29) is 24.7 Å². The van der Waals surface area contributed by atoms with Crippen molar-refractivity contribution in [3.63, 3.8) is 0 Å². The Kier molecular flexibility index (Phi) is 8.58. The second kappa shape index (κ2) is 9.19. The molecule has 4 nitrogen and oxygen atoms in total. The molecule has 0 aliphatic rings. The maximum Gasteiger partial charge on any atom is 0.306 e. The monoisotopic (exact) mass is 228 g/mol. The fourth-order valence-electron chi connectivity index (χ4n) is 1.12. The molecular formula is C12H22NO3. The van der Waals surface area contributed by atoms with E-state index in [0.29, 0.717) is 12.5 Å². The molecule has 16 heavy (non-hydrogen) atoms. The Morgan fingerprint density at radius 3 is 2.56 bits per heavy atom. The summed E-state index contributed by atoms with van der Waals surface area (Å²) in [6, 6.07) is 0. The summed E-state index contributed by atoms with van der Waals surface area (Å²) in [7, 11) is 0. The third kappa shape index (κ3) is 9.49. The first-order chi connectivity index (χ1) is 7.56. The van der Waals surface area contributed by atoms with Crippen molar-refractivity contribution in [1.29, 1.82) is 0 Å². The van der Waals surface area contributed by atoms with Gasteiger partial charge in [-0.15, -0.1) is 0 Å². The predicted molar refractivity (Wildman–Crippen MR) is 62.4 cm³/mol. The number of amides is 1. The molecule has 0 aromatic carbocycles. The standard InChI is InChI=1S/C12H22NO3/c1-4-16-12(15)8-7-11(14)13-9-5-6-10(2)3/h9-10H,4-8H2,1-3H3,(H,13,14). The summed E-state index contributed by atoms with van der Waals surface area (Å²) in [5.74, 6) is 0.185. The number of ether oxygens (including phenoxy) is 1. The zero-order valence-corrected chi connectivity index (χ0v) is 10.4. The molecule has 0 aliphatic heterocycles. The van der Waals surface area contributed by atoms with Crippen LogP contribution in [0.5, 0.6) is 0 Å². The number of hydrogen-bond donors (Lipinski definition) is 1. The van der Waals surface area contributed by atoms with Gasteiger partial charge in [-0.05, 0) is 25.7 Å². The maximum atomic E-state index is 11.2. The molecule has 0 rings (SSSR count). The molecular weight excluding hydrogens is 206 g/mol. The number of esters is 1. The van der Waals surface area contributed by atoms with Gasteiger partial charge >= 0.3 is 5.97 Å². The smallest absolute Gasteiger partial charge is 0.306 e. The van der Waals surface area contributed by atoms with Gasteiger partial charge in [0.1, 0.15) is 0 Å². The van der Waals surface area contributed by atoms with Crippen LogP contribution in [-0.2, 0) is 14.3 Å². The second-order valence-corrected chi connectivity index (χ2v) is 4.05. The molecule has 0 saturated carbocycles. The molecule has 0 fully saturated rings. The first-order valence-electron chi connectivity index (χ1n) is 5.83. The fourth-order valence-corrected chi connectivity index (χ4v) is 1.12. The largest absolute Gasteiger partial charge is 0.466 e. The molecule has 1 N–H and O–H groups in total. The van der Waals surface area contributed by atoms with E-state index in [1.165, 1.54) is 0 Å². The third-order valence-electron chi connectivity index (χ3n) is 2.01. The quantitative estimate of drug-likeness (QED) is 0.511. The highest BCUT2D eigenvalue weighted by Crippen LogP contribution is 2.04. The first kappa shape index (κ1) is 14.9. The van der Waals surface area contributed by atoms with Gasteiger partial charge in [-0.1, -0.05) is 13.8 Å². The van der Waals surface area contributed by atoms with Gasteiger partial charge in [-0.3, -0.25) is 9.59 Å². The number of nitrogens with one attached hydrogen (secondary N) is 1. The molecule has 0 atom stereocenters. The van der Waals surface area contributed by atoms with E-state index in [9.17, 15) is 9.59 Å². The Labute approximate surface area is 97.7 Å². The normalized spacial score (nSPS) is 10.2. The van der Waals surface area contributed by atoms with E-state index in [1.807, 2.05) is 0 Å². The summed E-state index contributed by atoms with van der Waals surface area (Å²) >= 11 is 0. The average molecular weight is 228 g/mol. The summed E-state index contributed by atoms with van der Waals surface area (Å²) in [6.07, 6.45) is 2.26. The Balaban J connectivity index is 3.41. The summed E-state index contributed by atoms with van der Waals surface area (Å²) < 4.78 is 4.72. The van der Waals surface area contributed by atoms with Gasteiger partial charge in [0.05, 0.1) is 13.0 Å². The lowest BCUT2D eigenvalue weighted by atomic mass is 10.1. The van der Waals surface area contributed by atoms with E-state index >= 15 is 0 Å². The topological polar surface area (TPSA) is 55.4 Å². The van der Waals surface area contributed by atoms with Crippen LogP contribution >= 0.6 is 0 Å². The second-order valence-electron chi connectivity index (χ2n) is 4.05. The highest BCUT2D eigenvalue weighted by molar-refractivity contribution is 5.81. The fraction of sp³-hybridized carbons (Fsp3) is 0.750. The minimum absolute atomic E-state index is 0.128. The van der Waals surface area contributed by atoms with Crippen molar-refractivity contribution in [2.24, 2.45) is 5.92 Å². The zero-order chi connectivity index (χ0) is 12.4.